The smallest absolute Gasteiger partial charge is 0.330 e. The number of carbonyl (C=O) groups excluding carboxylic acids is 1. The van der Waals surface area contributed by atoms with Gasteiger partial charge in [-0.25, -0.2) is 8.78 Å². The van der Waals surface area contributed by atoms with Gasteiger partial charge in [-0.2, -0.15) is 8.78 Å². The number of aryl methyl sites for hydroxylation is 1. The summed E-state index contributed by atoms with van der Waals surface area (Å²) in [6, 6.07) is 11.1. The van der Waals surface area contributed by atoms with Crippen molar-refractivity contribution in [1.29, 1.82) is 0 Å². The Kier molecular flexibility index (Phi) is 6.61. The van der Waals surface area contributed by atoms with Crippen molar-refractivity contribution in [2.24, 2.45) is 0 Å². The summed E-state index contributed by atoms with van der Waals surface area (Å²) in [5.74, 6) is -4.63. The van der Waals surface area contributed by atoms with Gasteiger partial charge < -0.3 is 10.1 Å². The lowest BCUT2D eigenvalue weighted by molar-refractivity contribution is -0.168. The summed E-state index contributed by atoms with van der Waals surface area (Å²) < 4.78 is 54.4. The molecule has 0 aromatic heterocycles. The van der Waals surface area contributed by atoms with Crippen LogP contribution in [0.1, 0.15) is 21.5 Å². The third-order valence-electron chi connectivity index (χ3n) is 3.50. The Morgan fingerprint density at radius 1 is 1.23 bits per heavy atom. The third-order valence-corrected chi connectivity index (χ3v) is 3.91. The number of benzene rings is 2. The van der Waals surface area contributed by atoms with Crippen LogP contribution in [-0.4, -0.2) is 24.9 Å². The van der Waals surface area contributed by atoms with Crippen molar-refractivity contribution in [2.45, 2.75) is 25.9 Å². The van der Waals surface area contributed by atoms with E-state index in [2.05, 4.69) is 10.1 Å². The molecule has 0 aliphatic carbocycles. The molecule has 0 aliphatic heterocycles. The first-order valence-corrected chi connectivity index (χ1v) is 7.97. The number of rotatable bonds is 7. The third kappa shape index (κ3) is 5.44. The van der Waals surface area contributed by atoms with Crippen molar-refractivity contribution in [2.75, 3.05) is 11.9 Å². The predicted octanol–water partition coefficient (Wildman–Crippen LogP) is 5.32. The first-order valence-electron chi connectivity index (χ1n) is 7.59. The van der Waals surface area contributed by atoms with E-state index in [-0.39, 0.29) is 12.2 Å². The van der Waals surface area contributed by atoms with Crippen LogP contribution < -0.4 is 5.32 Å². The van der Waals surface area contributed by atoms with Crippen LogP contribution in [0, 0.1) is 6.92 Å². The van der Waals surface area contributed by atoms with Crippen LogP contribution in [0.3, 0.4) is 0 Å². The van der Waals surface area contributed by atoms with E-state index in [4.69, 9.17) is 11.6 Å². The molecule has 0 saturated heterocycles. The minimum atomic E-state index is -4.21. The summed E-state index contributed by atoms with van der Waals surface area (Å²) in [6.07, 6.45) is -3.79. The molecule has 0 fully saturated rings. The molecular formula is C18H16ClF4NO2. The summed E-state index contributed by atoms with van der Waals surface area (Å²) in [7, 11) is 0. The van der Waals surface area contributed by atoms with E-state index in [0.29, 0.717) is 16.3 Å². The highest BCUT2D eigenvalue weighted by Gasteiger charge is 2.40. The van der Waals surface area contributed by atoms with Crippen LogP contribution in [0.5, 0.6) is 0 Å². The molecule has 0 radical (unpaired) electrons. The van der Waals surface area contributed by atoms with Crippen LogP contribution in [0.15, 0.2) is 42.5 Å². The van der Waals surface area contributed by atoms with E-state index in [1.807, 2.05) is 6.92 Å². The van der Waals surface area contributed by atoms with Crippen LogP contribution in [0.4, 0.5) is 23.2 Å². The minimum Gasteiger partial charge on any atom is -0.370 e. The van der Waals surface area contributed by atoms with Crippen LogP contribution >= 0.6 is 11.6 Å². The fourth-order valence-corrected chi connectivity index (χ4v) is 2.22. The Morgan fingerprint density at radius 3 is 2.62 bits per heavy atom. The Bertz CT molecular complexity index is 784. The maximum atomic E-state index is 12.8. The molecule has 8 heteroatoms. The van der Waals surface area contributed by atoms with E-state index in [1.165, 1.54) is 12.1 Å². The van der Waals surface area contributed by atoms with Gasteiger partial charge >= 0.3 is 12.3 Å². The van der Waals surface area contributed by atoms with Gasteiger partial charge in [-0.15, -0.1) is 0 Å². The van der Waals surface area contributed by atoms with Gasteiger partial charge in [0.25, 0.3) is 5.91 Å². The van der Waals surface area contributed by atoms with Gasteiger partial charge in [0.2, 0.25) is 0 Å². The molecule has 0 aliphatic rings. The second-order valence-corrected chi connectivity index (χ2v) is 6.08. The molecule has 2 aromatic rings. The van der Waals surface area contributed by atoms with Gasteiger partial charge in [0.15, 0.2) is 0 Å². The van der Waals surface area contributed by atoms with Gasteiger partial charge in [-0.3, -0.25) is 4.79 Å². The summed E-state index contributed by atoms with van der Waals surface area (Å²) in [6.45, 7) is 0.109. The number of anilines is 1. The van der Waals surface area contributed by atoms with Crippen molar-refractivity contribution in [3.63, 3.8) is 0 Å². The van der Waals surface area contributed by atoms with Crippen molar-refractivity contribution in [3.05, 3.63) is 64.2 Å². The van der Waals surface area contributed by atoms with E-state index >= 15 is 0 Å². The molecule has 0 unspecified atom stereocenters. The molecule has 0 bridgehead atoms. The normalized spacial score (nSPS) is 11.7. The fourth-order valence-electron chi connectivity index (χ4n) is 2.04. The standard InChI is InChI=1S/C18H16ClF4NO2/c1-11-5-6-14(8-15(11)19)24-16(25)13-4-2-3-12(7-13)9-26-10-18(22,23)17(20)21/h2-8,17H,9-10H2,1H3,(H,24,25). The average Bonchev–Trinajstić information content (AvgIpc) is 2.58. The van der Waals surface area contributed by atoms with Crippen LogP contribution in [0.25, 0.3) is 0 Å². The van der Waals surface area contributed by atoms with Gasteiger partial charge in [0.05, 0.1) is 6.61 Å². The van der Waals surface area contributed by atoms with Gasteiger partial charge in [-0.1, -0.05) is 29.8 Å². The second-order valence-electron chi connectivity index (χ2n) is 5.67. The minimum absolute atomic E-state index is 0.267. The van der Waals surface area contributed by atoms with E-state index in [1.54, 1.807) is 30.3 Å². The molecule has 0 atom stereocenters. The lowest BCUT2D eigenvalue weighted by atomic mass is 10.1. The Balaban J connectivity index is 1.99. The number of carbonyl (C=O) groups is 1. The number of ether oxygens (including phenoxy) is 1. The zero-order valence-corrected chi connectivity index (χ0v) is 14.5. The van der Waals surface area contributed by atoms with Gasteiger partial charge in [-0.05, 0) is 42.3 Å². The highest BCUT2D eigenvalue weighted by atomic mass is 35.5. The lowest BCUT2D eigenvalue weighted by Crippen LogP contribution is -2.32. The molecular weight excluding hydrogens is 374 g/mol. The molecule has 0 spiro atoms. The van der Waals surface area contributed by atoms with Crippen LogP contribution in [-0.2, 0) is 11.3 Å². The molecule has 2 aromatic carbocycles. The number of halogens is 5. The number of hydrogen-bond acceptors (Lipinski definition) is 2. The topological polar surface area (TPSA) is 38.3 Å². The maximum absolute atomic E-state index is 12.8. The first kappa shape index (κ1) is 20.2. The fraction of sp³-hybridized carbons (Fsp3) is 0.278. The largest absolute Gasteiger partial charge is 0.370 e. The Labute approximate surface area is 152 Å². The number of amides is 1. The second kappa shape index (κ2) is 8.51. The SMILES string of the molecule is Cc1ccc(NC(=O)c2cccc(COCC(F)(F)C(F)F)c2)cc1Cl. The number of nitrogens with one attached hydrogen (secondary N) is 1. The molecule has 0 saturated carbocycles. The quantitative estimate of drug-likeness (QED) is 0.651. The molecule has 1 N–H and O–H groups in total. The number of hydrogen-bond donors (Lipinski definition) is 1. The zero-order valence-electron chi connectivity index (χ0n) is 13.7. The summed E-state index contributed by atoms with van der Waals surface area (Å²) in [4.78, 5) is 12.3. The van der Waals surface area contributed by atoms with E-state index < -0.39 is 24.9 Å². The van der Waals surface area contributed by atoms with Crippen molar-refractivity contribution < 1.29 is 27.1 Å². The summed E-state index contributed by atoms with van der Waals surface area (Å²) >= 11 is 6.00. The Morgan fingerprint density at radius 2 is 1.96 bits per heavy atom. The predicted molar refractivity (Wildman–Crippen MR) is 91.2 cm³/mol. The van der Waals surface area contributed by atoms with Gasteiger partial charge in [0.1, 0.15) is 6.61 Å². The highest BCUT2D eigenvalue weighted by molar-refractivity contribution is 6.31. The zero-order chi connectivity index (χ0) is 19.3. The van der Waals surface area contributed by atoms with Crippen molar-refractivity contribution in [1.82, 2.24) is 0 Å². The van der Waals surface area contributed by atoms with Crippen molar-refractivity contribution >= 4 is 23.2 Å². The molecule has 1 amide bonds. The maximum Gasteiger partial charge on any atom is 0.330 e. The monoisotopic (exact) mass is 389 g/mol. The van der Waals surface area contributed by atoms with Crippen molar-refractivity contribution in [3.8, 4) is 0 Å². The van der Waals surface area contributed by atoms with Crippen LogP contribution in [0.2, 0.25) is 5.02 Å². The van der Waals surface area contributed by atoms with E-state index in [0.717, 1.165) is 5.56 Å². The average molecular weight is 390 g/mol. The molecule has 140 valence electrons. The Hall–Kier alpha value is -2.12. The number of alkyl halides is 4. The molecule has 2 rings (SSSR count). The lowest BCUT2D eigenvalue weighted by Gasteiger charge is -2.15. The molecule has 3 nitrogen and oxygen atoms in total. The summed E-state index contributed by atoms with van der Waals surface area (Å²) in [5, 5.41) is 3.17. The first-order chi connectivity index (χ1) is 12.2. The molecule has 0 heterocycles. The summed E-state index contributed by atoms with van der Waals surface area (Å²) in [5.41, 5.74) is 2.04. The molecule has 26 heavy (non-hydrogen) atoms. The van der Waals surface area contributed by atoms with Gasteiger partial charge in [0, 0.05) is 16.3 Å². The highest BCUT2D eigenvalue weighted by Crippen LogP contribution is 2.24. The van der Waals surface area contributed by atoms with E-state index in [9.17, 15) is 22.4 Å².